The van der Waals surface area contributed by atoms with Gasteiger partial charge in [0.05, 0.1) is 0 Å². The molecule has 0 bridgehead atoms. The van der Waals surface area contributed by atoms with E-state index in [1.807, 2.05) is 0 Å². The largest absolute Gasteiger partial charge is 0.500 e. The van der Waals surface area contributed by atoms with Crippen molar-refractivity contribution < 1.29 is 33.1 Å². The van der Waals surface area contributed by atoms with Crippen molar-refractivity contribution in [1.82, 2.24) is 0 Å². The molecule has 2 N–H and O–H groups in total. The van der Waals surface area contributed by atoms with Gasteiger partial charge in [0.15, 0.2) is 0 Å². The molecule has 7 nitrogen and oxygen atoms in total. The fourth-order valence-corrected chi connectivity index (χ4v) is 5.34. The molecule has 0 unspecified atom stereocenters. The maximum atomic E-state index is 10.2. The SMILES string of the molecule is CC(C)(C)CCCCCC(=O)O.CC(C)(C)CCCCCC(=O)O.CCCCCC[Si](OC)(OC)OC. The Hall–Kier alpha value is -0.963. The second-order valence-electron chi connectivity index (χ2n) is 12.1. The molecule has 0 rings (SSSR count). The molecule has 0 aromatic heterocycles. The highest BCUT2D eigenvalue weighted by Crippen LogP contribution is 2.23. The van der Waals surface area contributed by atoms with Crippen LogP contribution in [0.15, 0.2) is 0 Å². The van der Waals surface area contributed by atoms with Gasteiger partial charge in [0, 0.05) is 40.2 Å². The van der Waals surface area contributed by atoms with E-state index in [2.05, 4.69) is 48.5 Å². The molecule has 0 aliphatic carbocycles. The standard InChI is InChI=1S/2C10H20O2.C9H22O3Si/c2*1-10(2,3)8-6-4-5-7-9(11)12;1-5-6-7-8-9-13(10-2,11-3)12-4/h2*4-8H2,1-3H3,(H,11,12);5-9H2,1-4H3. The maximum Gasteiger partial charge on any atom is 0.500 e. The van der Waals surface area contributed by atoms with E-state index in [0.717, 1.165) is 51.0 Å². The molecular formula is C29H62O7Si. The summed E-state index contributed by atoms with van der Waals surface area (Å²) in [4.78, 5) is 20.3. The van der Waals surface area contributed by atoms with Crippen LogP contribution in [0.1, 0.15) is 138 Å². The average molecular weight is 551 g/mol. The van der Waals surface area contributed by atoms with Crippen LogP contribution in [0.25, 0.3) is 0 Å². The van der Waals surface area contributed by atoms with Crippen LogP contribution < -0.4 is 0 Å². The topological polar surface area (TPSA) is 102 Å². The lowest BCUT2D eigenvalue weighted by molar-refractivity contribution is -0.138. The van der Waals surface area contributed by atoms with Gasteiger partial charge in [-0.15, -0.1) is 0 Å². The van der Waals surface area contributed by atoms with Gasteiger partial charge in [0.25, 0.3) is 0 Å². The van der Waals surface area contributed by atoms with E-state index in [4.69, 9.17) is 23.5 Å². The quantitative estimate of drug-likeness (QED) is 0.130. The molecule has 0 aromatic rings. The van der Waals surface area contributed by atoms with Crippen LogP contribution in [-0.2, 0) is 22.9 Å². The van der Waals surface area contributed by atoms with E-state index in [0.29, 0.717) is 23.7 Å². The maximum absolute atomic E-state index is 10.2. The van der Waals surface area contributed by atoms with Crippen LogP contribution in [0.3, 0.4) is 0 Å². The van der Waals surface area contributed by atoms with Crippen LogP contribution in [-0.4, -0.2) is 52.3 Å². The summed E-state index contributed by atoms with van der Waals surface area (Å²) in [7, 11) is 2.73. The third-order valence-electron chi connectivity index (χ3n) is 5.90. The smallest absolute Gasteiger partial charge is 0.481 e. The molecule has 0 aliphatic heterocycles. The summed E-state index contributed by atoms with van der Waals surface area (Å²) in [5.74, 6) is -1.35. The van der Waals surface area contributed by atoms with E-state index >= 15 is 0 Å². The summed E-state index contributed by atoms with van der Waals surface area (Å²) in [6.07, 6.45) is 14.0. The Morgan fingerprint density at radius 1 is 0.595 bits per heavy atom. The highest BCUT2D eigenvalue weighted by atomic mass is 28.4. The zero-order valence-electron chi connectivity index (χ0n) is 26.0. The molecular weight excluding hydrogens is 488 g/mol. The van der Waals surface area contributed by atoms with Crippen molar-refractivity contribution in [1.29, 1.82) is 0 Å². The van der Waals surface area contributed by atoms with E-state index in [1.54, 1.807) is 21.3 Å². The number of carboxylic acids is 2. The van der Waals surface area contributed by atoms with E-state index in [9.17, 15) is 9.59 Å². The first kappa shape index (κ1) is 40.5. The van der Waals surface area contributed by atoms with Gasteiger partial charge in [0.1, 0.15) is 0 Å². The summed E-state index contributed by atoms with van der Waals surface area (Å²) < 4.78 is 15.9. The first-order valence-corrected chi connectivity index (χ1v) is 16.1. The van der Waals surface area contributed by atoms with Crippen molar-refractivity contribution in [3.05, 3.63) is 0 Å². The fraction of sp³-hybridized carbons (Fsp3) is 0.931. The van der Waals surface area contributed by atoms with Crippen molar-refractivity contribution in [3.63, 3.8) is 0 Å². The molecule has 0 amide bonds. The predicted octanol–water partition coefficient (Wildman–Crippen LogP) is 8.58. The van der Waals surface area contributed by atoms with Crippen LogP contribution in [0.2, 0.25) is 6.04 Å². The lowest BCUT2D eigenvalue weighted by Crippen LogP contribution is -2.42. The predicted molar refractivity (Wildman–Crippen MR) is 156 cm³/mol. The first-order chi connectivity index (χ1) is 17.1. The van der Waals surface area contributed by atoms with Crippen molar-refractivity contribution >= 4 is 20.7 Å². The molecule has 224 valence electrons. The highest BCUT2D eigenvalue weighted by Gasteiger charge is 2.36. The van der Waals surface area contributed by atoms with Gasteiger partial charge in [-0.3, -0.25) is 9.59 Å². The van der Waals surface area contributed by atoms with Crippen LogP contribution in [0.5, 0.6) is 0 Å². The summed E-state index contributed by atoms with van der Waals surface area (Å²) in [6, 6.07) is 0.927. The first-order valence-electron chi connectivity index (χ1n) is 14.2. The van der Waals surface area contributed by atoms with Crippen molar-refractivity contribution in [2.24, 2.45) is 10.8 Å². The minimum atomic E-state index is -2.27. The third-order valence-corrected chi connectivity index (χ3v) is 8.74. The van der Waals surface area contributed by atoms with Crippen LogP contribution >= 0.6 is 0 Å². The Labute approximate surface area is 230 Å². The molecule has 0 fully saturated rings. The molecule has 37 heavy (non-hydrogen) atoms. The average Bonchev–Trinajstić information content (AvgIpc) is 2.78. The van der Waals surface area contributed by atoms with Gasteiger partial charge in [-0.25, -0.2) is 0 Å². The number of aliphatic carboxylic acids is 2. The number of hydrogen-bond donors (Lipinski definition) is 2. The van der Waals surface area contributed by atoms with Gasteiger partial charge in [-0.2, -0.15) is 0 Å². The molecule has 0 radical (unpaired) electrons. The molecule has 0 aromatic carbocycles. The van der Waals surface area contributed by atoms with Crippen molar-refractivity contribution in [2.75, 3.05) is 21.3 Å². The Balaban J connectivity index is -0.000000469. The highest BCUT2D eigenvalue weighted by molar-refractivity contribution is 6.60. The second-order valence-corrected chi connectivity index (χ2v) is 15.2. The van der Waals surface area contributed by atoms with E-state index < -0.39 is 20.7 Å². The number of unbranched alkanes of at least 4 members (excludes halogenated alkanes) is 7. The zero-order valence-corrected chi connectivity index (χ0v) is 27.0. The third kappa shape index (κ3) is 35.0. The molecule has 0 heterocycles. The van der Waals surface area contributed by atoms with E-state index in [-0.39, 0.29) is 0 Å². The van der Waals surface area contributed by atoms with E-state index in [1.165, 1.54) is 32.1 Å². The van der Waals surface area contributed by atoms with Gasteiger partial charge in [-0.1, -0.05) is 93.4 Å². The molecule has 0 spiro atoms. The Kier molecular flexibility index (Phi) is 26.4. The van der Waals surface area contributed by atoms with Gasteiger partial charge in [-0.05, 0) is 42.9 Å². The molecule has 0 atom stereocenters. The Morgan fingerprint density at radius 3 is 1.22 bits per heavy atom. The summed E-state index contributed by atoms with van der Waals surface area (Å²) in [5.41, 5.74) is 0.784. The van der Waals surface area contributed by atoms with Crippen LogP contribution in [0.4, 0.5) is 0 Å². The second kappa shape index (κ2) is 24.1. The van der Waals surface area contributed by atoms with Crippen LogP contribution in [0, 0.1) is 10.8 Å². The minimum Gasteiger partial charge on any atom is -0.481 e. The Morgan fingerprint density at radius 2 is 0.946 bits per heavy atom. The van der Waals surface area contributed by atoms with Gasteiger partial charge in [0.2, 0.25) is 0 Å². The number of hydrogen-bond acceptors (Lipinski definition) is 5. The van der Waals surface area contributed by atoms with Gasteiger partial charge >= 0.3 is 20.7 Å². The number of carbonyl (C=O) groups is 2. The fourth-order valence-electron chi connectivity index (χ4n) is 3.54. The summed E-state index contributed by atoms with van der Waals surface area (Å²) in [6.45, 7) is 15.5. The number of carboxylic acid groups (broad SMARTS) is 2. The molecule has 0 saturated heterocycles. The molecule has 0 aliphatic rings. The molecule has 8 heteroatoms. The lowest BCUT2D eigenvalue weighted by Gasteiger charge is -2.24. The summed E-state index contributed by atoms with van der Waals surface area (Å²) in [5, 5.41) is 16.7. The zero-order chi connectivity index (χ0) is 29.4. The van der Waals surface area contributed by atoms with Gasteiger partial charge < -0.3 is 23.5 Å². The normalized spacial score (nSPS) is 11.7. The van der Waals surface area contributed by atoms with Crippen molar-refractivity contribution in [2.45, 2.75) is 144 Å². The monoisotopic (exact) mass is 550 g/mol. The lowest BCUT2D eigenvalue weighted by atomic mass is 9.89. The number of rotatable bonds is 18. The molecule has 0 saturated carbocycles. The van der Waals surface area contributed by atoms with Crippen molar-refractivity contribution in [3.8, 4) is 0 Å². The summed E-state index contributed by atoms with van der Waals surface area (Å²) >= 11 is 0. The Bertz CT molecular complexity index is 493. The minimum absolute atomic E-state index is 0.324.